The summed E-state index contributed by atoms with van der Waals surface area (Å²) in [5, 5.41) is 12.6. The average molecular weight is 361 g/mol. The Bertz CT molecular complexity index is 757. The molecule has 130 valence electrons. The van der Waals surface area contributed by atoms with Crippen molar-refractivity contribution in [1.82, 2.24) is 9.88 Å². The standard InChI is InChI=1S/C18H18ClFN4O/c19-15-5-6-18(23-16(15)11-21)22-12-17(24-7-9-25-10-8-24)13-1-3-14(20)4-2-13/h1-6,17H,7-10,12H2,(H,22,23). The highest BCUT2D eigenvalue weighted by molar-refractivity contribution is 6.31. The van der Waals surface area contributed by atoms with Crippen LogP contribution in [0.15, 0.2) is 36.4 Å². The Balaban J connectivity index is 1.77. The van der Waals surface area contributed by atoms with Crippen molar-refractivity contribution in [3.8, 4) is 6.07 Å². The number of nitrogens with zero attached hydrogens (tertiary/aromatic N) is 3. The molecule has 0 radical (unpaired) electrons. The lowest BCUT2D eigenvalue weighted by atomic mass is 10.0. The quantitative estimate of drug-likeness (QED) is 0.887. The number of pyridine rings is 1. The Morgan fingerprint density at radius 2 is 1.96 bits per heavy atom. The molecule has 5 nitrogen and oxygen atoms in total. The molecule has 0 saturated carbocycles. The maximum absolute atomic E-state index is 13.3. The minimum Gasteiger partial charge on any atom is -0.379 e. The van der Waals surface area contributed by atoms with Gasteiger partial charge in [0.1, 0.15) is 17.7 Å². The van der Waals surface area contributed by atoms with Gasteiger partial charge in [0.2, 0.25) is 0 Å². The van der Waals surface area contributed by atoms with E-state index in [-0.39, 0.29) is 17.6 Å². The van der Waals surface area contributed by atoms with Gasteiger partial charge < -0.3 is 10.1 Å². The summed E-state index contributed by atoms with van der Waals surface area (Å²) in [6.07, 6.45) is 0. The molecule has 7 heteroatoms. The van der Waals surface area contributed by atoms with Crippen LogP contribution in [0.3, 0.4) is 0 Å². The summed E-state index contributed by atoms with van der Waals surface area (Å²) in [5.74, 6) is 0.330. The van der Waals surface area contributed by atoms with E-state index in [4.69, 9.17) is 21.6 Å². The first-order valence-electron chi connectivity index (χ1n) is 8.05. The highest BCUT2D eigenvalue weighted by Gasteiger charge is 2.22. The van der Waals surface area contributed by atoms with Gasteiger partial charge in [-0.05, 0) is 29.8 Å². The molecule has 25 heavy (non-hydrogen) atoms. The lowest BCUT2D eigenvalue weighted by molar-refractivity contribution is 0.0187. The number of anilines is 1. The van der Waals surface area contributed by atoms with Crippen molar-refractivity contribution in [2.45, 2.75) is 6.04 Å². The highest BCUT2D eigenvalue weighted by Crippen LogP contribution is 2.23. The summed E-state index contributed by atoms with van der Waals surface area (Å²) >= 11 is 5.92. The molecule has 1 aliphatic heterocycles. The number of nitrogens with one attached hydrogen (secondary N) is 1. The van der Waals surface area contributed by atoms with E-state index in [0.29, 0.717) is 30.6 Å². The maximum atomic E-state index is 13.3. The summed E-state index contributed by atoms with van der Waals surface area (Å²) in [7, 11) is 0. The van der Waals surface area contributed by atoms with E-state index < -0.39 is 0 Å². The highest BCUT2D eigenvalue weighted by atomic mass is 35.5. The Morgan fingerprint density at radius 1 is 1.24 bits per heavy atom. The van der Waals surface area contributed by atoms with Crippen LogP contribution in [-0.2, 0) is 4.74 Å². The Kier molecular flexibility index (Phi) is 5.82. The van der Waals surface area contributed by atoms with Crippen molar-refractivity contribution < 1.29 is 9.13 Å². The van der Waals surface area contributed by atoms with Crippen LogP contribution in [0.5, 0.6) is 0 Å². The number of hydrogen-bond acceptors (Lipinski definition) is 5. The summed E-state index contributed by atoms with van der Waals surface area (Å²) in [6.45, 7) is 3.54. The van der Waals surface area contributed by atoms with E-state index in [1.807, 2.05) is 6.07 Å². The molecule has 1 atom stereocenters. The van der Waals surface area contributed by atoms with E-state index in [0.717, 1.165) is 18.7 Å². The molecule has 1 aromatic heterocycles. The van der Waals surface area contributed by atoms with Crippen LogP contribution in [0.1, 0.15) is 17.3 Å². The molecule has 2 aromatic rings. The third-order valence-electron chi connectivity index (χ3n) is 4.17. The number of rotatable bonds is 5. The number of morpholine rings is 1. The Morgan fingerprint density at radius 3 is 2.64 bits per heavy atom. The molecule has 1 N–H and O–H groups in total. The number of hydrogen-bond donors (Lipinski definition) is 1. The van der Waals surface area contributed by atoms with Crippen molar-refractivity contribution in [3.63, 3.8) is 0 Å². The van der Waals surface area contributed by atoms with E-state index >= 15 is 0 Å². The summed E-state index contributed by atoms with van der Waals surface area (Å²) < 4.78 is 18.7. The zero-order valence-electron chi connectivity index (χ0n) is 13.6. The van der Waals surface area contributed by atoms with Gasteiger partial charge in [-0.25, -0.2) is 9.37 Å². The van der Waals surface area contributed by atoms with Gasteiger partial charge in [0.15, 0.2) is 5.69 Å². The van der Waals surface area contributed by atoms with Gasteiger partial charge in [-0.15, -0.1) is 0 Å². The zero-order valence-corrected chi connectivity index (χ0v) is 14.3. The van der Waals surface area contributed by atoms with Gasteiger partial charge in [0, 0.05) is 19.6 Å². The van der Waals surface area contributed by atoms with Gasteiger partial charge in [-0.3, -0.25) is 4.90 Å². The van der Waals surface area contributed by atoms with Crippen molar-refractivity contribution >= 4 is 17.4 Å². The first kappa shape index (κ1) is 17.6. The lowest BCUT2D eigenvalue weighted by Gasteiger charge is -2.35. The Labute approximate surface area is 151 Å². The summed E-state index contributed by atoms with van der Waals surface area (Å²) in [5.41, 5.74) is 1.21. The van der Waals surface area contributed by atoms with Crippen molar-refractivity contribution in [2.75, 3.05) is 38.2 Å². The van der Waals surface area contributed by atoms with Crippen LogP contribution in [0.4, 0.5) is 10.2 Å². The topological polar surface area (TPSA) is 61.2 Å². The van der Waals surface area contributed by atoms with E-state index in [2.05, 4.69) is 15.2 Å². The average Bonchev–Trinajstić information content (AvgIpc) is 2.65. The van der Waals surface area contributed by atoms with E-state index in [9.17, 15) is 4.39 Å². The lowest BCUT2D eigenvalue weighted by Crippen LogP contribution is -2.41. The molecule has 2 heterocycles. The van der Waals surface area contributed by atoms with Crippen LogP contribution in [0.2, 0.25) is 5.02 Å². The molecule has 3 rings (SSSR count). The first-order valence-corrected chi connectivity index (χ1v) is 8.43. The van der Waals surface area contributed by atoms with E-state index in [1.165, 1.54) is 12.1 Å². The fourth-order valence-electron chi connectivity index (χ4n) is 2.85. The van der Waals surface area contributed by atoms with Gasteiger partial charge in [-0.1, -0.05) is 23.7 Å². The molecule has 1 fully saturated rings. The molecular formula is C18H18ClFN4O. The molecule has 1 aliphatic rings. The molecule has 1 saturated heterocycles. The largest absolute Gasteiger partial charge is 0.379 e. The molecule has 0 aliphatic carbocycles. The van der Waals surface area contributed by atoms with E-state index in [1.54, 1.807) is 24.3 Å². The van der Waals surface area contributed by atoms with Crippen molar-refractivity contribution in [1.29, 1.82) is 5.26 Å². The number of ether oxygens (including phenoxy) is 1. The predicted molar refractivity (Wildman–Crippen MR) is 94.0 cm³/mol. The fourth-order valence-corrected chi connectivity index (χ4v) is 3.00. The molecule has 0 spiro atoms. The van der Waals surface area contributed by atoms with Crippen LogP contribution in [0.25, 0.3) is 0 Å². The second kappa shape index (κ2) is 8.26. The van der Waals surface area contributed by atoms with Crippen LogP contribution < -0.4 is 5.32 Å². The minimum atomic E-state index is -0.254. The van der Waals surface area contributed by atoms with Gasteiger partial charge in [0.05, 0.1) is 24.3 Å². The number of halogens is 2. The minimum absolute atomic E-state index is 0.0486. The SMILES string of the molecule is N#Cc1nc(NCC(c2ccc(F)cc2)N2CCOCC2)ccc1Cl. The van der Waals surface area contributed by atoms with Crippen molar-refractivity contribution in [2.24, 2.45) is 0 Å². The Hall–Kier alpha value is -2.20. The molecule has 0 bridgehead atoms. The van der Waals surface area contributed by atoms with Gasteiger partial charge >= 0.3 is 0 Å². The molecule has 1 aromatic carbocycles. The van der Waals surface area contributed by atoms with Gasteiger partial charge in [0.25, 0.3) is 0 Å². The number of benzene rings is 1. The molecule has 0 amide bonds. The predicted octanol–water partition coefficient (Wildman–Crippen LogP) is 3.23. The molecular weight excluding hydrogens is 343 g/mol. The molecule has 1 unspecified atom stereocenters. The third-order valence-corrected chi connectivity index (χ3v) is 4.47. The van der Waals surface area contributed by atoms with Crippen molar-refractivity contribution in [3.05, 3.63) is 58.5 Å². The summed E-state index contributed by atoms with van der Waals surface area (Å²) in [4.78, 5) is 6.50. The van der Waals surface area contributed by atoms with Crippen LogP contribution >= 0.6 is 11.6 Å². The normalized spacial score (nSPS) is 16.2. The van der Waals surface area contributed by atoms with Crippen LogP contribution in [-0.4, -0.2) is 42.7 Å². The van der Waals surface area contributed by atoms with Gasteiger partial charge in [-0.2, -0.15) is 5.26 Å². The smallest absolute Gasteiger partial charge is 0.161 e. The second-order valence-corrected chi connectivity index (χ2v) is 6.14. The van der Waals surface area contributed by atoms with Crippen LogP contribution in [0, 0.1) is 17.1 Å². The summed E-state index contributed by atoms with van der Waals surface area (Å²) in [6, 6.07) is 11.9. The third kappa shape index (κ3) is 4.45. The number of nitriles is 1. The first-order chi connectivity index (χ1) is 12.2. The second-order valence-electron chi connectivity index (χ2n) is 5.74. The number of aromatic nitrogens is 1. The monoisotopic (exact) mass is 360 g/mol. The fraction of sp³-hybridized carbons (Fsp3) is 0.333. The maximum Gasteiger partial charge on any atom is 0.161 e. The zero-order chi connectivity index (χ0) is 17.6.